The van der Waals surface area contributed by atoms with Gasteiger partial charge in [-0.1, -0.05) is 152 Å². The monoisotopic (exact) mass is 526 g/mol. The Hall–Kier alpha value is -4.34. The van der Waals surface area contributed by atoms with E-state index in [1.54, 1.807) is 12.1 Å². The maximum Gasteiger partial charge on any atom is 0.124 e. The van der Waals surface area contributed by atoms with Crippen LogP contribution in [0.25, 0.3) is 32.7 Å². The topological polar surface area (TPSA) is 40.5 Å². The molecule has 0 aliphatic rings. The van der Waals surface area contributed by atoms with E-state index in [1.165, 1.54) is 10.4 Å². The van der Waals surface area contributed by atoms with Crippen LogP contribution in [0.3, 0.4) is 0 Å². The number of phenolic OH excluding ortho intramolecular Hbond substituents is 2. The van der Waals surface area contributed by atoms with Crippen LogP contribution >= 0.6 is 0 Å². The van der Waals surface area contributed by atoms with Crippen molar-refractivity contribution in [3.05, 3.63) is 133 Å². The van der Waals surface area contributed by atoms with Crippen LogP contribution in [0.1, 0.15) is 20.8 Å². The lowest BCUT2D eigenvalue weighted by atomic mass is 9.92. The van der Waals surface area contributed by atoms with Gasteiger partial charge in [-0.05, 0) is 38.7 Å². The van der Waals surface area contributed by atoms with Gasteiger partial charge in [-0.3, -0.25) is 0 Å². The lowest BCUT2D eigenvalue weighted by molar-refractivity contribution is 0.470. The highest BCUT2D eigenvalue weighted by Crippen LogP contribution is 2.44. The fourth-order valence-corrected chi connectivity index (χ4v) is 9.13. The lowest BCUT2D eigenvalue weighted by Crippen LogP contribution is -2.48. The fraction of sp³-hybridized carbons (Fsp3) is 0.111. The SMILES string of the molecule is CC(C)(C)[SiH](c1ccccc1)c1ccccc1.Oc1ccc2ccccc2c1-c1c(O)ccc2ccccc12. The Morgan fingerprint density at radius 1 is 0.436 bits per heavy atom. The molecule has 0 radical (unpaired) electrons. The second-order valence-electron chi connectivity index (χ2n) is 11.0. The van der Waals surface area contributed by atoms with E-state index in [1.807, 2.05) is 60.7 Å². The average Bonchev–Trinajstić information content (AvgIpc) is 2.94. The summed E-state index contributed by atoms with van der Waals surface area (Å²) in [5.74, 6) is 0.343. The molecule has 6 aromatic rings. The molecule has 0 heterocycles. The molecule has 0 unspecified atom stereocenters. The predicted molar refractivity (Wildman–Crippen MR) is 169 cm³/mol. The predicted octanol–water partition coefficient (Wildman–Crippen LogP) is 7.90. The van der Waals surface area contributed by atoms with Crippen LogP contribution in [0.5, 0.6) is 11.5 Å². The third-order valence-electron chi connectivity index (χ3n) is 7.20. The van der Waals surface area contributed by atoms with E-state index >= 15 is 0 Å². The van der Waals surface area contributed by atoms with Crippen LogP contribution in [0, 0.1) is 0 Å². The molecule has 3 heteroatoms. The van der Waals surface area contributed by atoms with E-state index in [-0.39, 0.29) is 11.5 Å². The Bertz CT molecular complexity index is 1580. The number of aromatic hydroxyl groups is 2. The van der Waals surface area contributed by atoms with Crippen molar-refractivity contribution in [3.63, 3.8) is 0 Å². The van der Waals surface area contributed by atoms with Crippen molar-refractivity contribution in [1.29, 1.82) is 0 Å². The summed E-state index contributed by atoms with van der Waals surface area (Å²) in [7, 11) is -1.14. The minimum absolute atomic E-state index is 0.172. The number of fused-ring (bicyclic) bond motifs is 2. The van der Waals surface area contributed by atoms with Crippen molar-refractivity contribution in [2.75, 3.05) is 0 Å². The van der Waals surface area contributed by atoms with Crippen molar-refractivity contribution in [1.82, 2.24) is 0 Å². The number of hydrogen-bond donors (Lipinski definition) is 2. The summed E-state index contributed by atoms with van der Waals surface area (Å²) in [4.78, 5) is 0. The average molecular weight is 527 g/mol. The molecule has 194 valence electrons. The van der Waals surface area contributed by atoms with Gasteiger partial charge in [0.1, 0.15) is 20.3 Å². The van der Waals surface area contributed by atoms with E-state index < -0.39 is 8.80 Å². The van der Waals surface area contributed by atoms with Gasteiger partial charge in [0.2, 0.25) is 0 Å². The molecule has 0 amide bonds. The van der Waals surface area contributed by atoms with E-state index in [0.717, 1.165) is 21.5 Å². The first-order chi connectivity index (χ1) is 18.8. The quantitative estimate of drug-likeness (QED) is 0.230. The van der Waals surface area contributed by atoms with Gasteiger partial charge in [0.25, 0.3) is 0 Å². The minimum Gasteiger partial charge on any atom is -0.507 e. The molecule has 6 aromatic carbocycles. The Morgan fingerprint density at radius 3 is 1.18 bits per heavy atom. The second-order valence-corrected chi connectivity index (χ2v) is 14.9. The van der Waals surface area contributed by atoms with Gasteiger partial charge < -0.3 is 10.2 Å². The molecule has 0 spiro atoms. The van der Waals surface area contributed by atoms with E-state index in [9.17, 15) is 10.2 Å². The van der Waals surface area contributed by atoms with Crippen molar-refractivity contribution in [2.24, 2.45) is 0 Å². The Kier molecular flexibility index (Phi) is 7.53. The first kappa shape index (κ1) is 26.3. The van der Waals surface area contributed by atoms with E-state index in [2.05, 4.69) is 81.4 Å². The molecule has 0 bridgehead atoms. The van der Waals surface area contributed by atoms with Crippen LogP contribution < -0.4 is 10.4 Å². The van der Waals surface area contributed by atoms with Crippen molar-refractivity contribution in [2.45, 2.75) is 25.8 Å². The highest BCUT2D eigenvalue weighted by atomic mass is 28.3. The first-order valence-corrected chi connectivity index (χ1v) is 15.1. The Morgan fingerprint density at radius 2 is 0.795 bits per heavy atom. The zero-order valence-corrected chi connectivity index (χ0v) is 23.8. The van der Waals surface area contributed by atoms with Crippen LogP contribution in [-0.4, -0.2) is 19.0 Å². The van der Waals surface area contributed by atoms with Crippen LogP contribution in [0.15, 0.2) is 133 Å². The summed E-state index contributed by atoms with van der Waals surface area (Å²) in [5.41, 5.74) is 1.35. The van der Waals surface area contributed by atoms with Crippen LogP contribution in [0.4, 0.5) is 0 Å². The molecule has 2 nitrogen and oxygen atoms in total. The molecule has 0 aromatic heterocycles. The summed E-state index contributed by atoms with van der Waals surface area (Å²) in [6.07, 6.45) is 0. The highest BCUT2D eigenvalue weighted by molar-refractivity contribution is 6.87. The van der Waals surface area contributed by atoms with Crippen LogP contribution in [0.2, 0.25) is 5.04 Å². The number of phenols is 2. The maximum atomic E-state index is 10.4. The molecule has 0 saturated carbocycles. The molecular formula is C36H34O2Si. The molecule has 6 rings (SSSR count). The van der Waals surface area contributed by atoms with Gasteiger partial charge in [0.15, 0.2) is 0 Å². The highest BCUT2D eigenvalue weighted by Gasteiger charge is 2.29. The van der Waals surface area contributed by atoms with Gasteiger partial charge >= 0.3 is 0 Å². The van der Waals surface area contributed by atoms with Crippen LogP contribution in [-0.2, 0) is 0 Å². The molecule has 2 N–H and O–H groups in total. The lowest BCUT2D eigenvalue weighted by Gasteiger charge is -2.30. The zero-order chi connectivity index (χ0) is 27.4. The Labute approximate surface area is 232 Å². The summed E-state index contributed by atoms with van der Waals surface area (Å²) >= 11 is 0. The largest absolute Gasteiger partial charge is 0.507 e. The summed E-state index contributed by atoms with van der Waals surface area (Å²) < 4.78 is 0. The second kappa shape index (κ2) is 11.2. The Balaban J connectivity index is 0.000000164. The third-order valence-corrected chi connectivity index (χ3v) is 11.0. The number of rotatable bonds is 3. The normalized spacial score (nSPS) is 11.4. The molecular weight excluding hydrogens is 492 g/mol. The molecule has 0 atom stereocenters. The van der Waals surface area contributed by atoms with E-state index in [4.69, 9.17) is 0 Å². The van der Waals surface area contributed by atoms with Gasteiger partial charge in [-0.2, -0.15) is 0 Å². The summed E-state index contributed by atoms with van der Waals surface area (Å²) in [5, 5.41) is 28.2. The van der Waals surface area contributed by atoms with Crippen molar-refractivity contribution < 1.29 is 10.2 Å². The maximum absolute atomic E-state index is 10.4. The smallest absolute Gasteiger partial charge is 0.124 e. The van der Waals surface area contributed by atoms with Gasteiger partial charge in [0.05, 0.1) is 0 Å². The number of hydrogen-bond acceptors (Lipinski definition) is 2. The van der Waals surface area contributed by atoms with Gasteiger partial charge in [-0.25, -0.2) is 0 Å². The molecule has 0 saturated heterocycles. The third kappa shape index (κ3) is 5.59. The molecule has 0 aliphatic heterocycles. The molecule has 0 fully saturated rings. The number of benzene rings is 6. The zero-order valence-electron chi connectivity index (χ0n) is 22.7. The minimum atomic E-state index is -1.14. The van der Waals surface area contributed by atoms with Crippen molar-refractivity contribution in [3.8, 4) is 22.6 Å². The standard InChI is InChI=1S/C20H14O2.C16H20Si/c21-17-11-9-13-5-1-3-7-15(13)19(17)20-16-8-4-2-6-14(16)10-12-18(20)22;1-16(2,3)17(14-10-6-4-7-11-14)15-12-8-5-9-13-15/h1-12,21-22H;4-13,17H,1-3H3. The first-order valence-electron chi connectivity index (χ1n) is 13.4. The van der Waals surface area contributed by atoms with E-state index in [0.29, 0.717) is 16.2 Å². The summed E-state index contributed by atoms with van der Waals surface area (Å²) in [6.45, 7) is 7.09. The summed E-state index contributed by atoms with van der Waals surface area (Å²) in [6, 6.07) is 44.8. The fourth-order valence-electron chi connectivity index (χ4n) is 5.53. The van der Waals surface area contributed by atoms with Gasteiger partial charge in [0, 0.05) is 11.1 Å². The van der Waals surface area contributed by atoms with Gasteiger partial charge in [-0.15, -0.1) is 0 Å². The van der Waals surface area contributed by atoms with Crippen molar-refractivity contribution >= 4 is 40.7 Å². The molecule has 0 aliphatic carbocycles. The molecule has 39 heavy (non-hydrogen) atoms.